The molecule has 23 heavy (non-hydrogen) atoms. The van der Waals surface area contributed by atoms with Crippen LogP contribution in [0.3, 0.4) is 0 Å². The SMILES string of the molecule is C[C@@H]1[C@H](C(=O)O)CCCN1C(=O)c1ccc2c(c1)NC(=O)CO2. The van der Waals surface area contributed by atoms with E-state index >= 15 is 0 Å². The Morgan fingerprint density at radius 3 is 2.91 bits per heavy atom. The number of nitrogens with zero attached hydrogens (tertiary/aromatic N) is 1. The van der Waals surface area contributed by atoms with Gasteiger partial charge in [-0.25, -0.2) is 0 Å². The fraction of sp³-hybridized carbons (Fsp3) is 0.438. The molecule has 2 aliphatic heterocycles. The summed E-state index contributed by atoms with van der Waals surface area (Å²) >= 11 is 0. The van der Waals surface area contributed by atoms with Gasteiger partial charge in [0.1, 0.15) is 5.75 Å². The zero-order valence-corrected chi connectivity index (χ0v) is 12.7. The number of hydrogen-bond acceptors (Lipinski definition) is 4. The lowest BCUT2D eigenvalue weighted by Gasteiger charge is -2.37. The molecule has 0 bridgehead atoms. The van der Waals surface area contributed by atoms with Gasteiger partial charge in [-0.05, 0) is 38.0 Å². The fourth-order valence-corrected chi connectivity index (χ4v) is 3.14. The lowest BCUT2D eigenvalue weighted by Crippen LogP contribution is -2.49. The van der Waals surface area contributed by atoms with Gasteiger partial charge in [-0.2, -0.15) is 0 Å². The molecular formula is C16H18N2O5. The minimum absolute atomic E-state index is 0.0380. The van der Waals surface area contributed by atoms with Crippen molar-refractivity contribution in [1.82, 2.24) is 4.90 Å². The molecule has 2 aliphatic rings. The Morgan fingerprint density at radius 2 is 2.17 bits per heavy atom. The predicted octanol–water partition coefficient (Wildman–Crippen LogP) is 1.34. The average molecular weight is 318 g/mol. The third-order valence-electron chi connectivity index (χ3n) is 4.43. The number of ether oxygens (including phenoxy) is 1. The number of fused-ring (bicyclic) bond motifs is 1. The molecule has 7 heteroatoms. The number of amides is 2. The molecule has 0 aromatic heterocycles. The maximum absolute atomic E-state index is 12.7. The zero-order chi connectivity index (χ0) is 16.6. The van der Waals surface area contributed by atoms with Crippen molar-refractivity contribution in [3.8, 4) is 5.75 Å². The van der Waals surface area contributed by atoms with E-state index in [1.807, 2.05) is 0 Å². The first-order valence-corrected chi connectivity index (χ1v) is 7.58. The molecule has 1 aromatic rings. The molecular weight excluding hydrogens is 300 g/mol. The summed E-state index contributed by atoms with van der Waals surface area (Å²) in [6.07, 6.45) is 1.24. The number of aliphatic carboxylic acids is 1. The van der Waals surface area contributed by atoms with E-state index in [2.05, 4.69) is 5.32 Å². The van der Waals surface area contributed by atoms with Crippen molar-refractivity contribution in [2.45, 2.75) is 25.8 Å². The molecule has 7 nitrogen and oxygen atoms in total. The van der Waals surface area contributed by atoms with E-state index in [1.165, 1.54) is 0 Å². The van der Waals surface area contributed by atoms with E-state index in [9.17, 15) is 19.5 Å². The van der Waals surface area contributed by atoms with Crippen LogP contribution in [0.15, 0.2) is 18.2 Å². The van der Waals surface area contributed by atoms with Crippen LogP contribution in [0, 0.1) is 5.92 Å². The van der Waals surface area contributed by atoms with Crippen LogP contribution in [-0.2, 0) is 9.59 Å². The van der Waals surface area contributed by atoms with Gasteiger partial charge < -0.3 is 20.1 Å². The van der Waals surface area contributed by atoms with Gasteiger partial charge in [0.25, 0.3) is 11.8 Å². The molecule has 1 saturated heterocycles. The third kappa shape index (κ3) is 2.86. The van der Waals surface area contributed by atoms with Crippen molar-refractivity contribution in [2.75, 3.05) is 18.5 Å². The summed E-state index contributed by atoms with van der Waals surface area (Å²) in [7, 11) is 0. The maximum Gasteiger partial charge on any atom is 0.308 e. The Hall–Kier alpha value is -2.57. The van der Waals surface area contributed by atoms with Gasteiger partial charge >= 0.3 is 5.97 Å². The highest BCUT2D eigenvalue weighted by Crippen LogP contribution is 2.30. The molecule has 0 spiro atoms. The van der Waals surface area contributed by atoms with Crippen molar-refractivity contribution in [3.63, 3.8) is 0 Å². The van der Waals surface area contributed by atoms with E-state index in [-0.39, 0.29) is 24.5 Å². The number of carbonyl (C=O) groups excluding carboxylic acids is 2. The Labute approximate surface area is 133 Å². The van der Waals surface area contributed by atoms with Gasteiger partial charge in [0.05, 0.1) is 11.6 Å². The van der Waals surface area contributed by atoms with Gasteiger partial charge in [0, 0.05) is 18.2 Å². The summed E-state index contributed by atoms with van der Waals surface area (Å²) in [5.41, 5.74) is 0.874. The van der Waals surface area contributed by atoms with Gasteiger partial charge in [0.15, 0.2) is 6.61 Å². The van der Waals surface area contributed by atoms with Crippen molar-refractivity contribution < 1.29 is 24.2 Å². The summed E-state index contributed by atoms with van der Waals surface area (Å²) in [6, 6.07) is 4.49. The van der Waals surface area contributed by atoms with Gasteiger partial charge in [-0.3, -0.25) is 14.4 Å². The molecule has 2 N–H and O–H groups in total. The minimum atomic E-state index is -0.874. The Bertz CT molecular complexity index is 672. The standard InChI is InChI=1S/C16H18N2O5/c1-9-11(16(21)22)3-2-6-18(9)15(20)10-4-5-13-12(7-10)17-14(19)8-23-13/h4-5,7,9,11H,2-3,6,8H2,1H3,(H,17,19)(H,21,22)/t9-,11-/m1/s1. The zero-order valence-electron chi connectivity index (χ0n) is 12.7. The predicted molar refractivity (Wildman–Crippen MR) is 81.4 cm³/mol. The maximum atomic E-state index is 12.7. The quantitative estimate of drug-likeness (QED) is 0.858. The Morgan fingerprint density at radius 1 is 1.39 bits per heavy atom. The Balaban J connectivity index is 1.84. The van der Waals surface area contributed by atoms with Crippen molar-refractivity contribution in [2.24, 2.45) is 5.92 Å². The minimum Gasteiger partial charge on any atom is -0.482 e. The van der Waals surface area contributed by atoms with E-state index in [4.69, 9.17) is 4.74 Å². The molecule has 0 unspecified atom stereocenters. The van der Waals surface area contributed by atoms with Crippen LogP contribution in [-0.4, -0.2) is 47.0 Å². The molecule has 0 radical (unpaired) electrons. The highest BCUT2D eigenvalue weighted by atomic mass is 16.5. The van der Waals surface area contributed by atoms with E-state index in [1.54, 1.807) is 30.0 Å². The van der Waals surface area contributed by atoms with E-state index < -0.39 is 11.9 Å². The van der Waals surface area contributed by atoms with Crippen molar-refractivity contribution in [1.29, 1.82) is 0 Å². The molecule has 3 rings (SSSR count). The highest BCUT2D eigenvalue weighted by molar-refractivity contribution is 6.00. The van der Waals surface area contributed by atoms with Crippen LogP contribution in [0.5, 0.6) is 5.75 Å². The Kier molecular flexibility index (Phi) is 3.94. The summed E-state index contributed by atoms with van der Waals surface area (Å²) in [5.74, 6) is -1.39. The molecule has 2 atom stereocenters. The average Bonchev–Trinajstić information content (AvgIpc) is 2.53. The number of carbonyl (C=O) groups is 3. The van der Waals surface area contributed by atoms with Crippen molar-refractivity contribution >= 4 is 23.5 Å². The molecule has 2 amide bonds. The number of carboxylic acid groups (broad SMARTS) is 1. The first-order valence-electron chi connectivity index (χ1n) is 7.58. The lowest BCUT2D eigenvalue weighted by atomic mass is 9.90. The fourth-order valence-electron chi connectivity index (χ4n) is 3.14. The molecule has 1 fully saturated rings. The molecule has 1 aromatic carbocycles. The summed E-state index contributed by atoms with van der Waals surface area (Å²) in [4.78, 5) is 37.0. The van der Waals surface area contributed by atoms with Gasteiger partial charge in [-0.1, -0.05) is 0 Å². The number of benzene rings is 1. The number of carboxylic acids is 1. The van der Waals surface area contributed by atoms with Crippen molar-refractivity contribution in [3.05, 3.63) is 23.8 Å². The third-order valence-corrected chi connectivity index (χ3v) is 4.43. The molecule has 0 saturated carbocycles. The summed E-state index contributed by atoms with van der Waals surface area (Å²) in [6.45, 7) is 2.26. The van der Waals surface area contributed by atoms with Gasteiger partial charge in [-0.15, -0.1) is 0 Å². The molecule has 0 aliphatic carbocycles. The number of nitrogens with one attached hydrogen (secondary N) is 1. The van der Waals surface area contributed by atoms with Crippen LogP contribution in [0.25, 0.3) is 0 Å². The van der Waals surface area contributed by atoms with Gasteiger partial charge in [0.2, 0.25) is 0 Å². The molecule has 122 valence electrons. The monoisotopic (exact) mass is 318 g/mol. The highest BCUT2D eigenvalue weighted by Gasteiger charge is 2.35. The van der Waals surface area contributed by atoms with Crippen LogP contribution < -0.4 is 10.1 Å². The number of piperidine rings is 1. The summed E-state index contributed by atoms with van der Waals surface area (Å²) < 4.78 is 5.27. The lowest BCUT2D eigenvalue weighted by molar-refractivity contribution is -0.145. The first-order chi connectivity index (χ1) is 11.0. The number of hydrogen-bond donors (Lipinski definition) is 2. The largest absolute Gasteiger partial charge is 0.482 e. The number of rotatable bonds is 2. The van der Waals surface area contributed by atoms with Crippen LogP contribution in [0.2, 0.25) is 0 Å². The second-order valence-corrected chi connectivity index (χ2v) is 5.87. The number of anilines is 1. The second kappa shape index (κ2) is 5.91. The van der Waals surface area contributed by atoms with E-state index in [0.29, 0.717) is 36.4 Å². The first kappa shape index (κ1) is 15.3. The normalized spacial score (nSPS) is 23.5. The van der Waals surface area contributed by atoms with E-state index in [0.717, 1.165) is 0 Å². The summed E-state index contributed by atoms with van der Waals surface area (Å²) in [5, 5.41) is 11.9. The smallest absolute Gasteiger partial charge is 0.308 e. The topological polar surface area (TPSA) is 95.9 Å². The van der Waals surface area contributed by atoms with Crippen LogP contribution >= 0.6 is 0 Å². The second-order valence-electron chi connectivity index (χ2n) is 5.87. The van der Waals surface area contributed by atoms with Crippen LogP contribution in [0.4, 0.5) is 5.69 Å². The van der Waals surface area contributed by atoms with Crippen LogP contribution in [0.1, 0.15) is 30.1 Å². The number of likely N-dealkylation sites (tertiary alicyclic amines) is 1. The molecule has 2 heterocycles.